The summed E-state index contributed by atoms with van der Waals surface area (Å²) in [7, 11) is 1.31. The highest BCUT2D eigenvalue weighted by Gasteiger charge is 2.28. The Morgan fingerprint density at radius 1 is 1.35 bits per heavy atom. The van der Waals surface area contributed by atoms with Crippen LogP contribution in [-0.4, -0.2) is 48.1 Å². The first-order valence-electron chi connectivity index (χ1n) is 5.32. The Kier molecular flexibility index (Phi) is 4.68. The van der Waals surface area contributed by atoms with Crippen molar-refractivity contribution in [3.8, 4) is 0 Å². The van der Waals surface area contributed by atoms with E-state index in [2.05, 4.69) is 4.74 Å². The number of carboxylic acids is 1. The molecule has 0 radical (unpaired) electrons. The van der Waals surface area contributed by atoms with Gasteiger partial charge in [-0.2, -0.15) is 0 Å². The fraction of sp³-hybridized carbons (Fsp3) is 0.545. The molecule has 1 aliphatic rings. The quantitative estimate of drug-likeness (QED) is 0.557. The summed E-state index contributed by atoms with van der Waals surface area (Å²) in [4.78, 5) is 34.6. The van der Waals surface area contributed by atoms with E-state index in [0.29, 0.717) is 19.4 Å². The first-order chi connectivity index (χ1) is 8.04. The lowest BCUT2D eigenvalue weighted by molar-refractivity contribution is -0.148. The molecule has 6 nitrogen and oxygen atoms in total. The molecular weight excluding hydrogens is 226 g/mol. The lowest BCUT2D eigenvalue weighted by Gasteiger charge is -2.30. The maximum Gasteiger partial charge on any atom is 0.328 e. The molecule has 0 aromatic carbocycles. The van der Waals surface area contributed by atoms with Gasteiger partial charge in [-0.3, -0.25) is 9.59 Å². The maximum absolute atomic E-state index is 11.6. The van der Waals surface area contributed by atoms with Crippen LogP contribution in [0.4, 0.5) is 0 Å². The van der Waals surface area contributed by atoms with E-state index in [1.54, 1.807) is 0 Å². The van der Waals surface area contributed by atoms with E-state index in [0.717, 1.165) is 12.2 Å². The second-order valence-electron chi connectivity index (χ2n) is 3.82. The Balaban J connectivity index is 2.57. The van der Waals surface area contributed by atoms with Crippen LogP contribution in [0.5, 0.6) is 0 Å². The number of nitrogens with zero attached hydrogens (tertiary/aromatic N) is 1. The molecule has 0 saturated carbocycles. The summed E-state index contributed by atoms with van der Waals surface area (Å²) in [6.07, 6.45) is 3.21. The van der Waals surface area contributed by atoms with Crippen LogP contribution in [0.15, 0.2) is 12.2 Å². The number of likely N-dealkylation sites (tertiary alicyclic amines) is 1. The molecule has 0 aliphatic carbocycles. The van der Waals surface area contributed by atoms with Gasteiger partial charge in [0, 0.05) is 25.2 Å². The summed E-state index contributed by atoms with van der Waals surface area (Å²) in [5, 5.41) is 8.41. The molecule has 0 spiro atoms. The third-order valence-electron chi connectivity index (χ3n) is 2.64. The summed E-state index contributed by atoms with van der Waals surface area (Å²) in [5.74, 6) is -2.19. The fourth-order valence-electron chi connectivity index (χ4n) is 1.78. The summed E-state index contributed by atoms with van der Waals surface area (Å²) >= 11 is 0. The molecule has 1 rings (SSSR count). The average Bonchev–Trinajstić information content (AvgIpc) is 2.35. The largest absolute Gasteiger partial charge is 0.478 e. The number of esters is 1. The number of hydrogen-bond acceptors (Lipinski definition) is 4. The molecule has 1 fully saturated rings. The number of carbonyl (C=O) groups is 3. The molecule has 1 N–H and O–H groups in total. The molecule has 6 heteroatoms. The second-order valence-corrected chi connectivity index (χ2v) is 3.82. The SMILES string of the molecule is COC(=O)C1CCCN(C(=O)/C=C/C(=O)O)C1. The fourth-order valence-corrected chi connectivity index (χ4v) is 1.78. The number of hydrogen-bond donors (Lipinski definition) is 1. The summed E-state index contributed by atoms with van der Waals surface area (Å²) in [6.45, 7) is 0.825. The number of carbonyl (C=O) groups excluding carboxylic acids is 2. The first-order valence-corrected chi connectivity index (χ1v) is 5.32. The molecule has 0 aromatic heterocycles. The van der Waals surface area contributed by atoms with Crippen LogP contribution in [0.2, 0.25) is 0 Å². The van der Waals surface area contributed by atoms with Crippen LogP contribution >= 0.6 is 0 Å². The van der Waals surface area contributed by atoms with E-state index in [4.69, 9.17) is 5.11 Å². The number of rotatable bonds is 3. The highest BCUT2D eigenvalue weighted by atomic mass is 16.5. The van der Waals surface area contributed by atoms with E-state index < -0.39 is 5.97 Å². The van der Waals surface area contributed by atoms with Gasteiger partial charge < -0.3 is 14.7 Å². The van der Waals surface area contributed by atoms with Gasteiger partial charge in [0.2, 0.25) is 5.91 Å². The molecule has 1 heterocycles. The Hall–Kier alpha value is -1.85. The van der Waals surface area contributed by atoms with Gasteiger partial charge in [-0.05, 0) is 12.8 Å². The van der Waals surface area contributed by atoms with Gasteiger partial charge in [0.1, 0.15) is 0 Å². The minimum atomic E-state index is -1.17. The minimum absolute atomic E-state index is 0.287. The van der Waals surface area contributed by atoms with Gasteiger partial charge in [-0.15, -0.1) is 0 Å². The molecule has 0 bridgehead atoms. The van der Waals surface area contributed by atoms with E-state index >= 15 is 0 Å². The topological polar surface area (TPSA) is 83.9 Å². The maximum atomic E-state index is 11.6. The second kappa shape index (κ2) is 6.03. The monoisotopic (exact) mass is 241 g/mol. The van der Waals surface area contributed by atoms with Crippen molar-refractivity contribution in [2.75, 3.05) is 20.2 Å². The number of piperidine rings is 1. The van der Waals surface area contributed by atoms with Gasteiger partial charge in [-0.1, -0.05) is 0 Å². The smallest absolute Gasteiger partial charge is 0.328 e. The van der Waals surface area contributed by atoms with Crippen molar-refractivity contribution < 1.29 is 24.2 Å². The number of ether oxygens (including phenoxy) is 1. The van der Waals surface area contributed by atoms with Crippen molar-refractivity contribution in [3.05, 3.63) is 12.2 Å². The number of aliphatic carboxylic acids is 1. The predicted octanol–water partition coefficient (Wildman–Crippen LogP) is 0.0388. The van der Waals surface area contributed by atoms with Gasteiger partial charge in [0.15, 0.2) is 0 Å². The van der Waals surface area contributed by atoms with E-state index in [1.807, 2.05) is 0 Å². The third kappa shape index (κ3) is 3.90. The standard InChI is InChI=1S/C11H15NO5/c1-17-11(16)8-3-2-6-12(7-8)9(13)4-5-10(14)15/h4-5,8H,2-3,6-7H2,1H3,(H,14,15)/b5-4+. The zero-order valence-electron chi connectivity index (χ0n) is 9.59. The number of methoxy groups -OCH3 is 1. The van der Waals surface area contributed by atoms with Crippen molar-refractivity contribution in [1.82, 2.24) is 4.90 Å². The molecule has 1 atom stereocenters. The first kappa shape index (κ1) is 13.2. The summed E-state index contributed by atoms with van der Waals surface area (Å²) in [5.41, 5.74) is 0. The highest BCUT2D eigenvalue weighted by Crippen LogP contribution is 2.17. The zero-order valence-corrected chi connectivity index (χ0v) is 9.59. The van der Waals surface area contributed by atoms with Crippen molar-refractivity contribution in [2.24, 2.45) is 5.92 Å². The van der Waals surface area contributed by atoms with Gasteiger partial charge >= 0.3 is 11.9 Å². The Labute approximate surface area is 98.8 Å². The molecule has 1 unspecified atom stereocenters. The van der Waals surface area contributed by atoms with Crippen molar-refractivity contribution in [1.29, 1.82) is 0 Å². The molecule has 94 valence electrons. The zero-order chi connectivity index (χ0) is 12.8. The molecule has 1 saturated heterocycles. The lowest BCUT2D eigenvalue weighted by Crippen LogP contribution is -2.42. The van der Waals surface area contributed by atoms with Crippen LogP contribution in [0.3, 0.4) is 0 Å². The van der Waals surface area contributed by atoms with Crippen LogP contribution in [0.1, 0.15) is 12.8 Å². The van der Waals surface area contributed by atoms with Crippen LogP contribution < -0.4 is 0 Å². The minimum Gasteiger partial charge on any atom is -0.478 e. The summed E-state index contributed by atoms with van der Waals surface area (Å²) in [6, 6.07) is 0. The van der Waals surface area contributed by atoms with Crippen molar-refractivity contribution >= 4 is 17.8 Å². The Bertz CT molecular complexity index is 350. The van der Waals surface area contributed by atoms with Crippen molar-refractivity contribution in [2.45, 2.75) is 12.8 Å². The van der Waals surface area contributed by atoms with E-state index in [-0.39, 0.29) is 24.3 Å². The Morgan fingerprint density at radius 2 is 2.06 bits per heavy atom. The molecule has 0 aromatic rings. The molecular formula is C11H15NO5. The lowest BCUT2D eigenvalue weighted by atomic mass is 9.98. The highest BCUT2D eigenvalue weighted by molar-refractivity contribution is 5.94. The average molecular weight is 241 g/mol. The van der Waals surface area contributed by atoms with E-state index in [1.165, 1.54) is 12.0 Å². The van der Waals surface area contributed by atoms with Crippen LogP contribution in [0.25, 0.3) is 0 Å². The van der Waals surface area contributed by atoms with Gasteiger partial charge in [-0.25, -0.2) is 4.79 Å². The predicted molar refractivity (Wildman–Crippen MR) is 58.1 cm³/mol. The van der Waals surface area contributed by atoms with Crippen LogP contribution in [-0.2, 0) is 19.1 Å². The van der Waals surface area contributed by atoms with E-state index in [9.17, 15) is 14.4 Å². The molecule has 1 amide bonds. The normalized spacial score (nSPS) is 20.3. The van der Waals surface area contributed by atoms with Crippen LogP contribution in [0, 0.1) is 5.92 Å². The number of carboxylic acid groups (broad SMARTS) is 1. The number of amides is 1. The van der Waals surface area contributed by atoms with Gasteiger partial charge in [0.05, 0.1) is 13.0 Å². The third-order valence-corrected chi connectivity index (χ3v) is 2.64. The van der Waals surface area contributed by atoms with Crippen molar-refractivity contribution in [3.63, 3.8) is 0 Å². The Morgan fingerprint density at radius 3 is 2.65 bits per heavy atom. The molecule has 17 heavy (non-hydrogen) atoms. The summed E-state index contributed by atoms with van der Waals surface area (Å²) < 4.78 is 4.63. The van der Waals surface area contributed by atoms with Gasteiger partial charge in [0.25, 0.3) is 0 Å². The molecule has 1 aliphatic heterocycles.